The van der Waals surface area contributed by atoms with Crippen molar-refractivity contribution >= 4 is 11.8 Å². The minimum absolute atomic E-state index is 0.0151. The van der Waals surface area contributed by atoms with Crippen LogP contribution in [0.5, 0.6) is 0 Å². The van der Waals surface area contributed by atoms with Crippen molar-refractivity contribution in [2.24, 2.45) is 11.7 Å². The number of hydrogen-bond donors (Lipinski definition) is 3. The minimum Gasteiger partial charge on any atom is -0.394 e. The summed E-state index contributed by atoms with van der Waals surface area (Å²) in [4.78, 5) is 30.4. The van der Waals surface area contributed by atoms with Crippen molar-refractivity contribution in [1.82, 2.24) is 9.80 Å². The van der Waals surface area contributed by atoms with Crippen LogP contribution in [0, 0.1) is 24.5 Å². The quantitative estimate of drug-likeness (QED) is 0.300. The Bertz CT molecular complexity index is 1100. The molecular formula is C31H45F2N3O4. The van der Waals surface area contributed by atoms with Gasteiger partial charge in [0.05, 0.1) is 18.8 Å². The number of benzene rings is 2. The van der Waals surface area contributed by atoms with Crippen LogP contribution in [0.3, 0.4) is 0 Å². The van der Waals surface area contributed by atoms with Crippen molar-refractivity contribution in [3.8, 4) is 0 Å². The van der Waals surface area contributed by atoms with Crippen LogP contribution in [0.25, 0.3) is 0 Å². The summed E-state index contributed by atoms with van der Waals surface area (Å²) in [6.07, 6.45) is 1.03. The Morgan fingerprint density at radius 1 is 0.925 bits per heavy atom. The Balaban J connectivity index is 2.40. The average Bonchev–Trinajstić information content (AvgIpc) is 2.90. The lowest BCUT2D eigenvalue weighted by Gasteiger charge is -2.37. The van der Waals surface area contributed by atoms with Crippen molar-refractivity contribution < 1.29 is 28.6 Å². The van der Waals surface area contributed by atoms with Crippen LogP contribution < -0.4 is 5.73 Å². The van der Waals surface area contributed by atoms with Gasteiger partial charge < -0.3 is 25.7 Å². The molecule has 0 bridgehead atoms. The molecule has 2 aromatic carbocycles. The maximum Gasteiger partial charge on any atom is 0.254 e. The second kappa shape index (κ2) is 15.8. The molecule has 0 heterocycles. The summed E-state index contributed by atoms with van der Waals surface area (Å²) in [7, 11) is 0. The molecule has 0 aliphatic heterocycles. The van der Waals surface area contributed by atoms with E-state index in [9.17, 15) is 28.6 Å². The van der Waals surface area contributed by atoms with Crippen molar-refractivity contribution in [3.05, 3.63) is 70.3 Å². The van der Waals surface area contributed by atoms with Gasteiger partial charge in [0.25, 0.3) is 11.8 Å². The maximum atomic E-state index is 14.0. The van der Waals surface area contributed by atoms with Gasteiger partial charge in [-0.2, -0.15) is 0 Å². The zero-order valence-corrected chi connectivity index (χ0v) is 24.4. The lowest BCUT2D eigenvalue weighted by atomic mass is 9.95. The van der Waals surface area contributed by atoms with Gasteiger partial charge in [-0.05, 0) is 73.6 Å². The second-order valence-electron chi connectivity index (χ2n) is 10.7. The third-order valence-electron chi connectivity index (χ3n) is 7.27. The highest BCUT2D eigenvalue weighted by molar-refractivity contribution is 6.00. The summed E-state index contributed by atoms with van der Waals surface area (Å²) in [5.74, 6) is -2.19. The zero-order valence-electron chi connectivity index (χ0n) is 24.4. The topological polar surface area (TPSA) is 107 Å². The summed E-state index contributed by atoms with van der Waals surface area (Å²) >= 11 is 0. The first-order valence-electron chi connectivity index (χ1n) is 14.2. The average molecular weight is 562 g/mol. The van der Waals surface area contributed by atoms with Crippen LogP contribution in [0.2, 0.25) is 0 Å². The first-order chi connectivity index (χ1) is 18.9. The number of carbonyl (C=O) groups excluding carboxylic acids is 2. The van der Waals surface area contributed by atoms with E-state index in [4.69, 9.17) is 5.73 Å². The number of aliphatic hydroxyl groups is 2. The van der Waals surface area contributed by atoms with E-state index in [0.29, 0.717) is 25.1 Å². The van der Waals surface area contributed by atoms with E-state index in [1.807, 2.05) is 34.6 Å². The van der Waals surface area contributed by atoms with Crippen LogP contribution in [0.15, 0.2) is 36.4 Å². The molecule has 4 atom stereocenters. The van der Waals surface area contributed by atoms with Crippen LogP contribution in [-0.4, -0.2) is 76.3 Å². The first-order valence-corrected chi connectivity index (χ1v) is 14.2. The highest BCUT2D eigenvalue weighted by Gasteiger charge is 2.32. The molecule has 40 heavy (non-hydrogen) atoms. The van der Waals surface area contributed by atoms with Gasteiger partial charge in [0.1, 0.15) is 11.6 Å². The molecule has 0 aliphatic rings. The van der Waals surface area contributed by atoms with E-state index < -0.39 is 35.7 Å². The number of nitrogens with zero attached hydrogens (tertiary/aromatic N) is 2. The van der Waals surface area contributed by atoms with E-state index in [-0.39, 0.29) is 42.5 Å². The van der Waals surface area contributed by atoms with E-state index in [1.165, 1.54) is 4.90 Å². The van der Waals surface area contributed by atoms with Gasteiger partial charge in [-0.3, -0.25) is 9.59 Å². The fourth-order valence-corrected chi connectivity index (χ4v) is 4.93. The molecule has 2 aromatic rings. The molecule has 0 saturated heterocycles. The Hall–Kier alpha value is -2.88. The highest BCUT2D eigenvalue weighted by atomic mass is 19.1. The lowest BCUT2D eigenvalue weighted by molar-refractivity contribution is 0.0242. The summed E-state index contributed by atoms with van der Waals surface area (Å²) < 4.78 is 27.3. The van der Waals surface area contributed by atoms with Crippen LogP contribution in [-0.2, 0) is 6.42 Å². The summed E-state index contributed by atoms with van der Waals surface area (Å²) in [6, 6.07) is 6.51. The molecule has 2 amide bonds. The number of aliphatic hydroxyl groups excluding tert-OH is 2. The molecule has 0 unspecified atom stereocenters. The minimum atomic E-state index is -1.25. The molecule has 0 spiro atoms. The van der Waals surface area contributed by atoms with E-state index >= 15 is 0 Å². The number of amides is 2. The standard InChI is InChI=1S/C31H45F2N3O4/c1-6-9-35(10-7-2)30(39)23-11-20(4)12-24(16-23)31(40)36(28(19-37)21(5)8-3)18-29(38)27(34)15-22-13-25(32)17-26(33)14-22/h11-14,16-17,21,27-29,37-38H,6-10,15,18-19,34H2,1-5H3/t21-,27-,28-,29+/m0/s1. The van der Waals surface area contributed by atoms with E-state index in [0.717, 1.165) is 36.6 Å². The van der Waals surface area contributed by atoms with Crippen molar-refractivity contribution in [3.63, 3.8) is 0 Å². The summed E-state index contributed by atoms with van der Waals surface area (Å²) in [5.41, 5.74) is 7.91. The Labute approximate surface area is 237 Å². The van der Waals surface area contributed by atoms with Gasteiger partial charge in [0.2, 0.25) is 0 Å². The molecule has 0 aliphatic carbocycles. The van der Waals surface area contributed by atoms with E-state index in [2.05, 4.69) is 0 Å². The normalized spacial score (nSPS) is 14.3. The molecule has 0 fully saturated rings. The van der Waals surface area contributed by atoms with Gasteiger partial charge >= 0.3 is 0 Å². The summed E-state index contributed by atoms with van der Waals surface area (Å²) in [5, 5.41) is 21.3. The SMILES string of the molecule is CCCN(CCC)C(=O)c1cc(C)cc(C(=O)N(C[C@@H](O)[C@@H](N)Cc2cc(F)cc(F)c2)[C@@H](CO)[C@@H](C)CC)c1. The Kier molecular flexibility index (Phi) is 13.2. The van der Waals surface area contributed by atoms with Crippen LogP contribution >= 0.6 is 0 Å². The maximum absolute atomic E-state index is 14.0. The Morgan fingerprint density at radius 3 is 1.98 bits per heavy atom. The van der Waals surface area contributed by atoms with E-state index in [1.54, 1.807) is 23.1 Å². The van der Waals surface area contributed by atoms with Crippen molar-refractivity contribution in [2.75, 3.05) is 26.2 Å². The fourth-order valence-electron chi connectivity index (χ4n) is 4.93. The molecule has 0 saturated carbocycles. The van der Waals surface area contributed by atoms with Gasteiger partial charge in [-0.25, -0.2) is 8.78 Å². The molecule has 7 nitrogen and oxygen atoms in total. The van der Waals surface area contributed by atoms with Crippen LogP contribution in [0.4, 0.5) is 8.78 Å². The molecule has 0 aromatic heterocycles. The van der Waals surface area contributed by atoms with Crippen molar-refractivity contribution in [1.29, 1.82) is 0 Å². The van der Waals surface area contributed by atoms with Crippen LogP contribution in [0.1, 0.15) is 78.8 Å². The number of aryl methyl sites for hydroxylation is 1. The lowest BCUT2D eigenvalue weighted by Crippen LogP contribution is -2.53. The Morgan fingerprint density at radius 2 is 1.48 bits per heavy atom. The third-order valence-corrected chi connectivity index (χ3v) is 7.27. The third kappa shape index (κ3) is 9.08. The zero-order chi connectivity index (χ0) is 30.0. The molecule has 0 radical (unpaired) electrons. The highest BCUT2D eigenvalue weighted by Crippen LogP contribution is 2.22. The second-order valence-corrected chi connectivity index (χ2v) is 10.7. The number of rotatable bonds is 15. The predicted molar refractivity (Wildman–Crippen MR) is 153 cm³/mol. The predicted octanol–water partition coefficient (Wildman–Crippen LogP) is 4.32. The van der Waals surface area contributed by atoms with Gasteiger partial charge in [0, 0.05) is 42.9 Å². The smallest absolute Gasteiger partial charge is 0.254 e. The molecule has 4 N–H and O–H groups in total. The monoisotopic (exact) mass is 561 g/mol. The number of carbonyl (C=O) groups is 2. The molecular weight excluding hydrogens is 516 g/mol. The first kappa shape index (κ1) is 33.3. The number of hydrogen-bond acceptors (Lipinski definition) is 5. The number of halogens is 2. The molecule has 9 heteroatoms. The van der Waals surface area contributed by atoms with Gasteiger partial charge in [-0.15, -0.1) is 0 Å². The summed E-state index contributed by atoms with van der Waals surface area (Å²) in [6.45, 7) is 10.3. The fraction of sp³-hybridized carbons (Fsp3) is 0.548. The van der Waals surface area contributed by atoms with Gasteiger partial charge in [-0.1, -0.05) is 34.1 Å². The van der Waals surface area contributed by atoms with Gasteiger partial charge in [0.15, 0.2) is 0 Å². The largest absolute Gasteiger partial charge is 0.394 e. The number of nitrogens with two attached hydrogens (primary N) is 1. The molecule has 2 rings (SSSR count). The van der Waals surface area contributed by atoms with Crippen molar-refractivity contribution in [2.45, 2.75) is 78.5 Å². The molecule has 222 valence electrons.